The van der Waals surface area contributed by atoms with Crippen LogP contribution in [0.5, 0.6) is 0 Å². The van der Waals surface area contributed by atoms with Crippen molar-refractivity contribution in [3.8, 4) is 11.3 Å². The average Bonchev–Trinajstić information content (AvgIpc) is 3.01. The topological polar surface area (TPSA) is 61.4 Å². The van der Waals surface area contributed by atoms with Crippen LogP contribution in [0.15, 0.2) is 41.4 Å². The SMILES string of the molecule is Cn1nncc1-c1cnn(Cc2ccc(Br)cn2)c1. The zero-order valence-corrected chi connectivity index (χ0v) is 11.8. The molecule has 0 saturated heterocycles. The fourth-order valence-corrected chi connectivity index (χ4v) is 2.03. The lowest BCUT2D eigenvalue weighted by Gasteiger charge is -2.00. The van der Waals surface area contributed by atoms with Gasteiger partial charge in [0.2, 0.25) is 0 Å². The van der Waals surface area contributed by atoms with Gasteiger partial charge in [-0.05, 0) is 28.1 Å². The number of aryl methyl sites for hydroxylation is 1. The first-order valence-corrected chi connectivity index (χ1v) is 6.49. The molecule has 0 aliphatic rings. The summed E-state index contributed by atoms with van der Waals surface area (Å²) < 4.78 is 4.54. The van der Waals surface area contributed by atoms with E-state index < -0.39 is 0 Å². The van der Waals surface area contributed by atoms with Crippen molar-refractivity contribution < 1.29 is 0 Å². The van der Waals surface area contributed by atoms with Crippen LogP contribution in [-0.4, -0.2) is 29.8 Å². The Morgan fingerprint density at radius 3 is 2.79 bits per heavy atom. The molecule has 19 heavy (non-hydrogen) atoms. The first-order valence-electron chi connectivity index (χ1n) is 5.70. The Bertz CT molecular complexity index is 684. The van der Waals surface area contributed by atoms with Gasteiger partial charge >= 0.3 is 0 Å². The Kier molecular flexibility index (Phi) is 3.12. The van der Waals surface area contributed by atoms with Crippen LogP contribution in [0, 0.1) is 0 Å². The van der Waals surface area contributed by atoms with Crippen LogP contribution >= 0.6 is 15.9 Å². The van der Waals surface area contributed by atoms with Crippen molar-refractivity contribution in [1.82, 2.24) is 29.8 Å². The zero-order valence-electron chi connectivity index (χ0n) is 10.2. The molecular formula is C12H11BrN6. The van der Waals surface area contributed by atoms with Gasteiger partial charge in [0.1, 0.15) is 0 Å². The van der Waals surface area contributed by atoms with E-state index in [1.54, 1.807) is 23.3 Å². The standard InChI is InChI=1S/C12H11BrN6/c1-18-12(6-15-17-18)9-4-16-19(7-9)8-11-3-2-10(13)5-14-11/h2-7H,8H2,1H3. The maximum Gasteiger partial charge on any atom is 0.0913 e. The third-order valence-corrected chi connectivity index (χ3v) is 3.23. The quantitative estimate of drug-likeness (QED) is 0.739. The minimum absolute atomic E-state index is 0.637. The molecule has 0 aliphatic carbocycles. The fraction of sp³-hybridized carbons (Fsp3) is 0.167. The molecule has 0 aliphatic heterocycles. The van der Waals surface area contributed by atoms with Gasteiger partial charge in [-0.3, -0.25) is 9.67 Å². The second-order valence-corrected chi connectivity index (χ2v) is 5.05. The van der Waals surface area contributed by atoms with E-state index in [2.05, 4.69) is 36.3 Å². The first-order chi connectivity index (χ1) is 9.22. The summed E-state index contributed by atoms with van der Waals surface area (Å²) in [6, 6.07) is 3.94. The van der Waals surface area contributed by atoms with Crippen LogP contribution in [0.1, 0.15) is 5.69 Å². The summed E-state index contributed by atoms with van der Waals surface area (Å²) in [6.45, 7) is 0.637. The van der Waals surface area contributed by atoms with Crippen LogP contribution in [0.2, 0.25) is 0 Å². The molecule has 3 aromatic heterocycles. The summed E-state index contributed by atoms with van der Waals surface area (Å²) in [5, 5.41) is 12.1. The molecule has 0 atom stereocenters. The van der Waals surface area contributed by atoms with Crippen LogP contribution in [0.3, 0.4) is 0 Å². The minimum atomic E-state index is 0.637. The maximum atomic E-state index is 4.33. The van der Waals surface area contributed by atoms with E-state index in [0.717, 1.165) is 21.4 Å². The van der Waals surface area contributed by atoms with E-state index in [-0.39, 0.29) is 0 Å². The number of halogens is 1. The van der Waals surface area contributed by atoms with Crippen LogP contribution < -0.4 is 0 Å². The van der Waals surface area contributed by atoms with Crippen molar-refractivity contribution in [1.29, 1.82) is 0 Å². The molecule has 0 saturated carbocycles. The predicted molar refractivity (Wildman–Crippen MR) is 73.3 cm³/mol. The first kappa shape index (κ1) is 12.0. The molecule has 7 heteroatoms. The van der Waals surface area contributed by atoms with Crippen LogP contribution in [-0.2, 0) is 13.6 Å². The Labute approximate surface area is 118 Å². The van der Waals surface area contributed by atoms with Crippen molar-refractivity contribution in [2.24, 2.45) is 7.05 Å². The van der Waals surface area contributed by atoms with Crippen LogP contribution in [0.25, 0.3) is 11.3 Å². The van der Waals surface area contributed by atoms with Crippen molar-refractivity contribution in [3.63, 3.8) is 0 Å². The molecule has 0 N–H and O–H groups in total. The molecule has 0 spiro atoms. The zero-order chi connectivity index (χ0) is 13.2. The number of hydrogen-bond donors (Lipinski definition) is 0. The van der Waals surface area contributed by atoms with Gasteiger partial charge in [-0.1, -0.05) is 5.21 Å². The van der Waals surface area contributed by atoms with Gasteiger partial charge in [-0.2, -0.15) is 5.10 Å². The largest absolute Gasteiger partial charge is 0.266 e. The summed E-state index contributed by atoms with van der Waals surface area (Å²) >= 11 is 3.37. The summed E-state index contributed by atoms with van der Waals surface area (Å²) in [5.41, 5.74) is 2.89. The highest BCUT2D eigenvalue weighted by Gasteiger charge is 2.07. The van der Waals surface area contributed by atoms with Crippen molar-refractivity contribution in [2.75, 3.05) is 0 Å². The predicted octanol–water partition coefficient (Wildman–Crippen LogP) is 1.88. The lowest BCUT2D eigenvalue weighted by Crippen LogP contribution is -2.01. The highest BCUT2D eigenvalue weighted by atomic mass is 79.9. The summed E-state index contributed by atoms with van der Waals surface area (Å²) in [6.07, 6.45) is 7.27. The molecule has 3 aromatic rings. The lowest BCUT2D eigenvalue weighted by atomic mass is 10.3. The number of pyridine rings is 1. The molecule has 6 nitrogen and oxygen atoms in total. The summed E-state index contributed by atoms with van der Waals surface area (Å²) in [7, 11) is 1.86. The number of nitrogens with zero attached hydrogens (tertiary/aromatic N) is 6. The molecule has 0 unspecified atom stereocenters. The fourth-order valence-electron chi connectivity index (χ4n) is 1.80. The van der Waals surface area contributed by atoms with E-state index >= 15 is 0 Å². The van der Waals surface area contributed by atoms with Gasteiger partial charge in [0, 0.05) is 29.5 Å². The molecule has 0 bridgehead atoms. The lowest BCUT2D eigenvalue weighted by molar-refractivity contribution is 0.672. The molecule has 0 amide bonds. The number of aromatic nitrogens is 6. The maximum absolute atomic E-state index is 4.33. The van der Waals surface area contributed by atoms with Crippen molar-refractivity contribution in [2.45, 2.75) is 6.54 Å². The molecule has 0 radical (unpaired) electrons. The summed E-state index contributed by atoms with van der Waals surface area (Å²) in [5.74, 6) is 0. The molecule has 96 valence electrons. The smallest absolute Gasteiger partial charge is 0.0913 e. The normalized spacial score (nSPS) is 10.8. The summed E-state index contributed by atoms with van der Waals surface area (Å²) in [4.78, 5) is 4.33. The van der Waals surface area contributed by atoms with Crippen molar-refractivity contribution >= 4 is 15.9 Å². The number of rotatable bonds is 3. The molecular weight excluding hydrogens is 308 g/mol. The Hall–Kier alpha value is -2.02. The minimum Gasteiger partial charge on any atom is -0.266 e. The third kappa shape index (κ3) is 2.55. The van der Waals surface area contributed by atoms with Gasteiger partial charge in [0.05, 0.1) is 30.3 Å². The molecule has 0 fully saturated rings. The van der Waals surface area contributed by atoms with E-state index in [4.69, 9.17) is 0 Å². The second-order valence-electron chi connectivity index (χ2n) is 4.14. The molecule has 3 rings (SSSR count). The van der Waals surface area contributed by atoms with Gasteiger partial charge < -0.3 is 0 Å². The Morgan fingerprint density at radius 1 is 1.21 bits per heavy atom. The van der Waals surface area contributed by atoms with Gasteiger partial charge in [0.25, 0.3) is 0 Å². The van der Waals surface area contributed by atoms with Crippen molar-refractivity contribution in [3.05, 3.63) is 47.1 Å². The van der Waals surface area contributed by atoms with E-state index in [9.17, 15) is 0 Å². The van der Waals surface area contributed by atoms with Gasteiger partial charge in [-0.25, -0.2) is 4.68 Å². The third-order valence-electron chi connectivity index (χ3n) is 2.76. The highest BCUT2D eigenvalue weighted by Crippen LogP contribution is 2.16. The Morgan fingerprint density at radius 2 is 2.11 bits per heavy atom. The molecule has 0 aromatic carbocycles. The van der Waals surface area contributed by atoms with Gasteiger partial charge in [0.15, 0.2) is 0 Å². The average molecular weight is 319 g/mol. The van der Waals surface area contributed by atoms with E-state index in [0.29, 0.717) is 6.54 Å². The van der Waals surface area contributed by atoms with E-state index in [1.165, 1.54) is 0 Å². The molecule has 3 heterocycles. The van der Waals surface area contributed by atoms with E-state index in [1.807, 2.05) is 30.1 Å². The van der Waals surface area contributed by atoms with Gasteiger partial charge in [-0.15, -0.1) is 5.10 Å². The Balaban J connectivity index is 1.82. The second kappa shape index (κ2) is 4.93. The monoisotopic (exact) mass is 318 g/mol. The van der Waals surface area contributed by atoms with Crippen LogP contribution in [0.4, 0.5) is 0 Å². The number of hydrogen-bond acceptors (Lipinski definition) is 4. The highest BCUT2D eigenvalue weighted by molar-refractivity contribution is 9.10.